The predicted molar refractivity (Wildman–Crippen MR) is 50.9 cm³/mol. The summed E-state index contributed by atoms with van der Waals surface area (Å²) in [5, 5.41) is 6.63. The van der Waals surface area contributed by atoms with Crippen molar-refractivity contribution in [1.29, 1.82) is 0 Å². The summed E-state index contributed by atoms with van der Waals surface area (Å²) in [4.78, 5) is 11.4. The zero-order chi connectivity index (χ0) is 9.84. The van der Waals surface area contributed by atoms with Crippen LogP contribution in [0.2, 0.25) is 0 Å². The molecule has 72 valence electrons. The number of rotatable bonds is 3. The van der Waals surface area contributed by atoms with E-state index in [9.17, 15) is 4.79 Å². The lowest BCUT2D eigenvalue weighted by Crippen LogP contribution is -2.33. The molecule has 1 N–H and O–H groups in total. The first kappa shape index (κ1) is 10.1. The maximum absolute atomic E-state index is 11.4. The van der Waals surface area contributed by atoms with Crippen molar-refractivity contribution in [3.05, 3.63) is 18.0 Å². The number of carbonyl (C=O) groups is 1. The molecule has 1 heterocycles. The normalized spacial score (nSPS) is 12.5. The Kier molecular flexibility index (Phi) is 3.31. The molecule has 1 atom stereocenters. The molecule has 0 aromatic carbocycles. The third-order valence-corrected chi connectivity index (χ3v) is 2.04. The number of halogens is 1. The van der Waals surface area contributed by atoms with Gasteiger partial charge in [0.1, 0.15) is 0 Å². The Morgan fingerprint density at radius 2 is 2.54 bits per heavy atom. The molecule has 1 amide bonds. The molecule has 0 aliphatic heterocycles. The molecule has 0 spiro atoms. The minimum Gasteiger partial charge on any atom is -0.348 e. The van der Waals surface area contributed by atoms with E-state index in [2.05, 4.69) is 10.4 Å². The highest BCUT2D eigenvalue weighted by Gasteiger charge is 2.09. The first-order valence-corrected chi connectivity index (χ1v) is 4.52. The van der Waals surface area contributed by atoms with Gasteiger partial charge in [0, 0.05) is 25.2 Å². The van der Waals surface area contributed by atoms with Crippen molar-refractivity contribution < 1.29 is 4.79 Å². The van der Waals surface area contributed by atoms with Gasteiger partial charge in [0.15, 0.2) is 0 Å². The van der Waals surface area contributed by atoms with Crippen LogP contribution in [0.3, 0.4) is 0 Å². The van der Waals surface area contributed by atoms with Gasteiger partial charge in [-0.05, 0) is 6.92 Å². The number of amides is 1. The maximum Gasteiger partial charge on any atom is 0.254 e. The summed E-state index contributed by atoms with van der Waals surface area (Å²) in [5.74, 6) is 0.271. The van der Waals surface area contributed by atoms with Crippen molar-refractivity contribution in [2.75, 3.05) is 5.88 Å². The van der Waals surface area contributed by atoms with Gasteiger partial charge in [-0.25, -0.2) is 0 Å². The smallest absolute Gasteiger partial charge is 0.254 e. The molecular weight excluding hydrogens is 190 g/mol. The van der Waals surface area contributed by atoms with Crippen LogP contribution in [0.1, 0.15) is 17.3 Å². The second kappa shape index (κ2) is 4.28. The molecule has 4 nitrogen and oxygen atoms in total. The van der Waals surface area contributed by atoms with Crippen molar-refractivity contribution >= 4 is 17.5 Å². The first-order valence-electron chi connectivity index (χ1n) is 3.99. The highest BCUT2D eigenvalue weighted by atomic mass is 35.5. The average Bonchev–Trinajstić information content (AvgIpc) is 2.51. The summed E-state index contributed by atoms with van der Waals surface area (Å²) >= 11 is 5.55. The summed E-state index contributed by atoms with van der Waals surface area (Å²) in [6.45, 7) is 1.85. The largest absolute Gasteiger partial charge is 0.348 e. The quantitative estimate of drug-likeness (QED) is 0.735. The fourth-order valence-corrected chi connectivity index (χ4v) is 0.961. The number of nitrogens with zero attached hydrogens (tertiary/aromatic N) is 2. The van der Waals surface area contributed by atoms with Crippen LogP contribution in [0, 0.1) is 0 Å². The lowest BCUT2D eigenvalue weighted by molar-refractivity contribution is 0.0943. The Balaban J connectivity index is 2.58. The Hall–Kier alpha value is -1.03. The molecule has 5 heteroatoms. The van der Waals surface area contributed by atoms with Crippen molar-refractivity contribution in [3.63, 3.8) is 0 Å². The second-order valence-corrected chi connectivity index (χ2v) is 3.24. The van der Waals surface area contributed by atoms with Crippen molar-refractivity contribution in [2.45, 2.75) is 13.0 Å². The van der Waals surface area contributed by atoms with Crippen molar-refractivity contribution in [3.8, 4) is 0 Å². The molecule has 1 aromatic heterocycles. The number of aromatic nitrogens is 2. The number of aryl methyl sites for hydroxylation is 1. The fraction of sp³-hybridized carbons (Fsp3) is 0.500. The van der Waals surface area contributed by atoms with Gasteiger partial charge in [0.25, 0.3) is 5.91 Å². The SMILES string of the molecule is CC(CCl)NC(=O)c1cnn(C)c1. The fourth-order valence-electron chi connectivity index (χ4n) is 0.884. The van der Waals surface area contributed by atoms with E-state index in [0.717, 1.165) is 0 Å². The maximum atomic E-state index is 11.4. The van der Waals surface area contributed by atoms with Gasteiger partial charge >= 0.3 is 0 Å². The predicted octanol–water partition coefficient (Wildman–Crippen LogP) is 0.777. The minimum atomic E-state index is -0.138. The third-order valence-electron chi connectivity index (χ3n) is 1.58. The van der Waals surface area contributed by atoms with Crippen LogP contribution in [0.4, 0.5) is 0 Å². The second-order valence-electron chi connectivity index (χ2n) is 2.93. The number of hydrogen-bond acceptors (Lipinski definition) is 2. The minimum absolute atomic E-state index is 0.0191. The summed E-state index contributed by atoms with van der Waals surface area (Å²) < 4.78 is 1.58. The highest BCUT2D eigenvalue weighted by molar-refractivity contribution is 6.18. The number of alkyl halides is 1. The molecule has 0 bridgehead atoms. The van der Waals surface area contributed by atoms with E-state index < -0.39 is 0 Å². The van der Waals surface area contributed by atoms with Crippen LogP contribution in [-0.2, 0) is 7.05 Å². The lowest BCUT2D eigenvalue weighted by Gasteiger charge is -2.08. The molecule has 0 aliphatic carbocycles. The molecule has 1 aromatic rings. The zero-order valence-electron chi connectivity index (χ0n) is 7.62. The Bertz CT molecular complexity index is 297. The van der Waals surface area contributed by atoms with Gasteiger partial charge in [-0.1, -0.05) is 0 Å². The molecule has 0 saturated heterocycles. The Morgan fingerprint density at radius 3 is 3.00 bits per heavy atom. The monoisotopic (exact) mass is 201 g/mol. The van der Waals surface area contributed by atoms with Gasteiger partial charge in [-0.15, -0.1) is 11.6 Å². The Labute approximate surface area is 81.9 Å². The van der Waals surface area contributed by atoms with Crippen LogP contribution < -0.4 is 5.32 Å². The van der Waals surface area contributed by atoms with E-state index in [1.807, 2.05) is 6.92 Å². The van der Waals surface area contributed by atoms with Crippen LogP contribution in [-0.4, -0.2) is 27.6 Å². The van der Waals surface area contributed by atoms with Gasteiger partial charge in [0.2, 0.25) is 0 Å². The van der Waals surface area contributed by atoms with Crippen LogP contribution in [0.15, 0.2) is 12.4 Å². The summed E-state index contributed by atoms with van der Waals surface area (Å²) in [5.41, 5.74) is 0.555. The first-order chi connectivity index (χ1) is 6.13. The molecule has 0 radical (unpaired) electrons. The van der Waals surface area contributed by atoms with E-state index in [0.29, 0.717) is 11.4 Å². The molecule has 13 heavy (non-hydrogen) atoms. The molecule has 1 rings (SSSR count). The number of carbonyl (C=O) groups excluding carboxylic acids is 1. The standard InChI is InChI=1S/C8H12ClN3O/c1-6(3-9)11-8(13)7-4-10-12(2)5-7/h4-6H,3H2,1-2H3,(H,11,13). The van der Waals surface area contributed by atoms with Crippen molar-refractivity contribution in [1.82, 2.24) is 15.1 Å². The third kappa shape index (κ3) is 2.73. The van der Waals surface area contributed by atoms with E-state index in [1.54, 1.807) is 17.9 Å². The van der Waals surface area contributed by atoms with E-state index in [1.165, 1.54) is 6.20 Å². The van der Waals surface area contributed by atoms with Gasteiger partial charge < -0.3 is 5.32 Å². The molecule has 0 saturated carbocycles. The topological polar surface area (TPSA) is 46.9 Å². The van der Waals surface area contributed by atoms with E-state index in [-0.39, 0.29) is 11.9 Å². The molecular formula is C8H12ClN3O. The molecule has 0 aliphatic rings. The number of hydrogen-bond donors (Lipinski definition) is 1. The van der Waals surface area contributed by atoms with Crippen LogP contribution in [0.5, 0.6) is 0 Å². The van der Waals surface area contributed by atoms with Gasteiger partial charge in [-0.3, -0.25) is 9.48 Å². The van der Waals surface area contributed by atoms with E-state index in [4.69, 9.17) is 11.6 Å². The average molecular weight is 202 g/mol. The summed E-state index contributed by atoms with van der Waals surface area (Å²) in [6.07, 6.45) is 3.19. The molecule has 1 unspecified atom stereocenters. The van der Waals surface area contributed by atoms with Crippen molar-refractivity contribution in [2.24, 2.45) is 7.05 Å². The summed E-state index contributed by atoms with van der Waals surface area (Å²) in [7, 11) is 1.77. The number of nitrogens with one attached hydrogen (secondary N) is 1. The zero-order valence-corrected chi connectivity index (χ0v) is 8.38. The Morgan fingerprint density at radius 1 is 1.85 bits per heavy atom. The molecule has 0 fully saturated rings. The van der Waals surface area contributed by atoms with Gasteiger partial charge in [-0.2, -0.15) is 5.10 Å². The van der Waals surface area contributed by atoms with E-state index >= 15 is 0 Å². The van der Waals surface area contributed by atoms with Crippen LogP contribution in [0.25, 0.3) is 0 Å². The lowest BCUT2D eigenvalue weighted by atomic mass is 10.3. The van der Waals surface area contributed by atoms with Gasteiger partial charge in [0.05, 0.1) is 11.8 Å². The summed E-state index contributed by atoms with van der Waals surface area (Å²) in [6, 6.07) is -0.0191. The highest BCUT2D eigenvalue weighted by Crippen LogP contribution is 1.97. The van der Waals surface area contributed by atoms with Crippen LogP contribution >= 0.6 is 11.6 Å².